The van der Waals surface area contributed by atoms with Crippen LogP contribution in [0, 0.1) is 25.2 Å². The number of nitrogens with zero attached hydrogens (tertiary/aromatic N) is 4. The van der Waals surface area contributed by atoms with E-state index >= 15 is 0 Å². The molecule has 0 spiro atoms. The van der Waals surface area contributed by atoms with Crippen molar-refractivity contribution in [1.29, 1.82) is 5.26 Å². The SMILES string of the molecule is CCCN(Cc1ccc(C#N)cc1)C(=O)c1ccc(Cn2nc(C)cc2C)cc1. The van der Waals surface area contributed by atoms with Crippen LogP contribution >= 0.6 is 0 Å². The highest BCUT2D eigenvalue weighted by molar-refractivity contribution is 5.94. The Kier molecular flexibility index (Phi) is 6.46. The summed E-state index contributed by atoms with van der Waals surface area (Å²) in [6, 6.07) is 19.4. The Labute approximate surface area is 172 Å². The molecule has 1 amide bonds. The predicted octanol–water partition coefficient (Wildman–Crippen LogP) is 4.47. The molecule has 3 rings (SSSR count). The van der Waals surface area contributed by atoms with Crippen LogP contribution in [0.5, 0.6) is 0 Å². The number of aryl methyl sites for hydroxylation is 2. The van der Waals surface area contributed by atoms with E-state index in [0.717, 1.165) is 28.9 Å². The molecule has 0 aliphatic heterocycles. The molecule has 29 heavy (non-hydrogen) atoms. The van der Waals surface area contributed by atoms with Crippen molar-refractivity contribution in [3.05, 3.63) is 88.2 Å². The van der Waals surface area contributed by atoms with Crippen molar-refractivity contribution >= 4 is 5.91 Å². The molecule has 0 aliphatic carbocycles. The summed E-state index contributed by atoms with van der Waals surface area (Å²) in [5.74, 6) is 0.0221. The van der Waals surface area contributed by atoms with E-state index in [2.05, 4.69) is 24.2 Å². The van der Waals surface area contributed by atoms with Gasteiger partial charge in [0.1, 0.15) is 0 Å². The van der Waals surface area contributed by atoms with Gasteiger partial charge in [-0.1, -0.05) is 31.2 Å². The standard InChI is InChI=1S/C24H26N4O/c1-4-13-27(16-21-7-5-20(15-25)6-8-21)24(29)23-11-9-22(10-12-23)17-28-19(3)14-18(2)26-28/h5-12,14H,4,13,16-17H2,1-3H3. The van der Waals surface area contributed by atoms with Gasteiger partial charge in [-0.25, -0.2) is 0 Å². The number of nitriles is 1. The first kappa shape index (κ1) is 20.3. The van der Waals surface area contributed by atoms with Crippen molar-refractivity contribution in [2.75, 3.05) is 6.54 Å². The van der Waals surface area contributed by atoms with E-state index in [1.807, 2.05) is 59.8 Å². The van der Waals surface area contributed by atoms with Crippen LogP contribution in [0.3, 0.4) is 0 Å². The molecular weight excluding hydrogens is 360 g/mol. The Balaban J connectivity index is 1.71. The number of carbonyl (C=O) groups is 1. The molecular formula is C24H26N4O. The predicted molar refractivity (Wildman–Crippen MR) is 113 cm³/mol. The number of aromatic nitrogens is 2. The van der Waals surface area contributed by atoms with Gasteiger partial charge in [0.15, 0.2) is 0 Å². The number of carbonyl (C=O) groups excluding carboxylic acids is 1. The quantitative estimate of drug-likeness (QED) is 0.602. The third kappa shape index (κ3) is 5.11. The third-order valence-corrected chi connectivity index (χ3v) is 4.87. The van der Waals surface area contributed by atoms with Crippen molar-refractivity contribution in [2.24, 2.45) is 0 Å². The van der Waals surface area contributed by atoms with E-state index in [1.54, 1.807) is 12.1 Å². The van der Waals surface area contributed by atoms with E-state index in [-0.39, 0.29) is 5.91 Å². The van der Waals surface area contributed by atoms with Crippen LogP contribution in [0.25, 0.3) is 0 Å². The summed E-state index contributed by atoms with van der Waals surface area (Å²) in [5.41, 5.74) is 5.57. The molecule has 5 heteroatoms. The van der Waals surface area contributed by atoms with Crippen molar-refractivity contribution in [2.45, 2.75) is 40.3 Å². The number of benzene rings is 2. The van der Waals surface area contributed by atoms with Gasteiger partial charge < -0.3 is 4.90 Å². The fourth-order valence-electron chi connectivity index (χ4n) is 3.37. The second-order valence-electron chi connectivity index (χ2n) is 7.32. The zero-order valence-corrected chi connectivity index (χ0v) is 17.2. The molecule has 0 aliphatic rings. The van der Waals surface area contributed by atoms with Gasteiger partial charge in [-0.2, -0.15) is 10.4 Å². The first-order chi connectivity index (χ1) is 14.0. The first-order valence-corrected chi connectivity index (χ1v) is 9.88. The van der Waals surface area contributed by atoms with Gasteiger partial charge in [-0.05, 0) is 61.7 Å². The van der Waals surface area contributed by atoms with E-state index in [9.17, 15) is 4.79 Å². The lowest BCUT2D eigenvalue weighted by molar-refractivity contribution is 0.0743. The van der Waals surface area contributed by atoms with Crippen LogP contribution in [0.2, 0.25) is 0 Å². The van der Waals surface area contributed by atoms with Gasteiger partial charge in [-0.15, -0.1) is 0 Å². The summed E-state index contributed by atoms with van der Waals surface area (Å²) < 4.78 is 1.97. The summed E-state index contributed by atoms with van der Waals surface area (Å²) in [7, 11) is 0. The summed E-state index contributed by atoms with van der Waals surface area (Å²) in [6.07, 6.45) is 0.887. The first-order valence-electron chi connectivity index (χ1n) is 9.88. The molecule has 0 atom stereocenters. The van der Waals surface area contributed by atoms with Crippen LogP contribution < -0.4 is 0 Å². The van der Waals surface area contributed by atoms with E-state index in [4.69, 9.17) is 5.26 Å². The molecule has 0 radical (unpaired) electrons. The maximum atomic E-state index is 13.0. The van der Waals surface area contributed by atoms with Crippen LogP contribution in [0.1, 0.15) is 51.8 Å². The van der Waals surface area contributed by atoms with Gasteiger partial charge in [0.25, 0.3) is 5.91 Å². The van der Waals surface area contributed by atoms with Crippen LogP contribution in [0.4, 0.5) is 0 Å². The molecule has 148 valence electrons. The maximum Gasteiger partial charge on any atom is 0.254 e. The lowest BCUT2D eigenvalue weighted by Gasteiger charge is -2.22. The second-order valence-corrected chi connectivity index (χ2v) is 7.32. The maximum absolute atomic E-state index is 13.0. The van der Waals surface area contributed by atoms with Gasteiger partial charge in [-0.3, -0.25) is 9.48 Å². The minimum Gasteiger partial charge on any atom is -0.334 e. The molecule has 1 aromatic heterocycles. The summed E-state index contributed by atoms with van der Waals surface area (Å²) in [5, 5.41) is 13.4. The molecule has 5 nitrogen and oxygen atoms in total. The highest BCUT2D eigenvalue weighted by Crippen LogP contribution is 2.14. The fourth-order valence-corrected chi connectivity index (χ4v) is 3.37. The van der Waals surface area contributed by atoms with Gasteiger partial charge in [0.2, 0.25) is 0 Å². The van der Waals surface area contributed by atoms with Crippen molar-refractivity contribution in [3.63, 3.8) is 0 Å². The molecule has 0 N–H and O–H groups in total. The van der Waals surface area contributed by atoms with Gasteiger partial charge in [0.05, 0.1) is 23.9 Å². The Morgan fingerprint density at radius 2 is 1.72 bits per heavy atom. The lowest BCUT2D eigenvalue weighted by atomic mass is 10.1. The minimum absolute atomic E-state index is 0.0221. The van der Waals surface area contributed by atoms with Gasteiger partial charge >= 0.3 is 0 Å². The van der Waals surface area contributed by atoms with E-state index in [1.165, 1.54) is 0 Å². The van der Waals surface area contributed by atoms with Crippen molar-refractivity contribution in [1.82, 2.24) is 14.7 Å². The van der Waals surface area contributed by atoms with Crippen molar-refractivity contribution < 1.29 is 4.79 Å². The monoisotopic (exact) mass is 386 g/mol. The number of amides is 1. The number of hydrogen-bond donors (Lipinski definition) is 0. The zero-order valence-electron chi connectivity index (χ0n) is 17.2. The van der Waals surface area contributed by atoms with E-state index < -0.39 is 0 Å². The molecule has 0 saturated heterocycles. The van der Waals surface area contributed by atoms with Crippen LogP contribution in [0.15, 0.2) is 54.6 Å². The molecule has 0 fully saturated rings. The number of hydrogen-bond acceptors (Lipinski definition) is 3. The van der Waals surface area contributed by atoms with Crippen molar-refractivity contribution in [3.8, 4) is 6.07 Å². The summed E-state index contributed by atoms with van der Waals surface area (Å²) in [6.45, 7) is 8.01. The van der Waals surface area contributed by atoms with Crippen LogP contribution in [-0.2, 0) is 13.1 Å². The summed E-state index contributed by atoms with van der Waals surface area (Å²) in [4.78, 5) is 14.9. The Morgan fingerprint density at radius 1 is 1.07 bits per heavy atom. The fraction of sp³-hybridized carbons (Fsp3) is 0.292. The topological polar surface area (TPSA) is 61.9 Å². The molecule has 0 unspecified atom stereocenters. The third-order valence-electron chi connectivity index (χ3n) is 4.87. The smallest absolute Gasteiger partial charge is 0.254 e. The Bertz CT molecular complexity index is 1010. The zero-order chi connectivity index (χ0) is 20.8. The molecule has 2 aromatic carbocycles. The Hall–Kier alpha value is -3.39. The Morgan fingerprint density at radius 3 is 2.28 bits per heavy atom. The highest BCUT2D eigenvalue weighted by Gasteiger charge is 2.15. The molecule has 1 heterocycles. The average Bonchev–Trinajstić information content (AvgIpc) is 3.05. The number of rotatable bonds is 7. The van der Waals surface area contributed by atoms with Gasteiger partial charge in [0, 0.05) is 24.3 Å². The molecule has 0 saturated carbocycles. The largest absolute Gasteiger partial charge is 0.334 e. The summed E-state index contributed by atoms with van der Waals surface area (Å²) >= 11 is 0. The lowest BCUT2D eigenvalue weighted by Crippen LogP contribution is -2.31. The second kappa shape index (κ2) is 9.20. The highest BCUT2D eigenvalue weighted by atomic mass is 16.2. The normalized spacial score (nSPS) is 10.6. The molecule has 3 aromatic rings. The average molecular weight is 386 g/mol. The molecule has 0 bridgehead atoms. The minimum atomic E-state index is 0.0221. The van der Waals surface area contributed by atoms with Crippen LogP contribution in [-0.4, -0.2) is 27.1 Å². The van der Waals surface area contributed by atoms with E-state index in [0.29, 0.717) is 30.8 Å².